The number of ether oxygens (including phenoxy) is 1. The molecule has 1 amide bonds. The number of amides is 1. The number of nitrogens with two attached hydrogens (primary N) is 1. The molecule has 1 heterocycles. The fourth-order valence-electron chi connectivity index (χ4n) is 3.70. The third-order valence-electron chi connectivity index (χ3n) is 5.03. The molecule has 0 unspecified atom stereocenters. The second kappa shape index (κ2) is 8.87. The molecule has 0 radical (unpaired) electrons. The minimum atomic E-state index is -4.47. The molecule has 30 heavy (non-hydrogen) atoms. The molecule has 3 rings (SSSR count). The van der Waals surface area contributed by atoms with Crippen molar-refractivity contribution in [1.82, 2.24) is 4.31 Å². The normalized spacial score (nSPS) is 20.1. The molecule has 0 aliphatic carbocycles. The Kier molecular flexibility index (Phi) is 6.64. The summed E-state index contributed by atoms with van der Waals surface area (Å²) in [7, 11) is -4.47. The Labute approximate surface area is 178 Å². The molecule has 1 fully saturated rings. The number of nitrogens with zero attached hydrogens (tertiary/aromatic N) is 1. The van der Waals surface area contributed by atoms with Gasteiger partial charge in [-0.05, 0) is 43.2 Å². The topological polar surface area (TPSA) is 89.7 Å². The van der Waals surface area contributed by atoms with Gasteiger partial charge in [0.05, 0.1) is 6.61 Å². The molecule has 162 valence electrons. The Hall–Kier alpha value is -2.23. The average Bonchev–Trinajstić information content (AvgIpc) is 2.66. The van der Waals surface area contributed by atoms with Crippen molar-refractivity contribution in [2.45, 2.75) is 24.2 Å². The van der Waals surface area contributed by atoms with E-state index in [1.807, 2.05) is 0 Å². The number of halogens is 3. The van der Waals surface area contributed by atoms with E-state index in [0.717, 1.165) is 22.5 Å². The number of carbonyl (C=O) groups excluding carboxylic acids is 1. The molecular formula is C20H21ClF2N2O4S. The first-order valence-corrected chi connectivity index (χ1v) is 11.1. The number of sulfonamides is 1. The molecule has 0 spiro atoms. The van der Waals surface area contributed by atoms with Crippen molar-refractivity contribution in [3.8, 4) is 5.75 Å². The Bertz CT molecular complexity index is 1030. The molecule has 2 N–H and O–H groups in total. The molecule has 1 aliphatic heterocycles. The van der Waals surface area contributed by atoms with Gasteiger partial charge in [0.1, 0.15) is 17.4 Å². The molecular weight excluding hydrogens is 438 g/mol. The predicted octanol–water partition coefficient (Wildman–Crippen LogP) is 3.34. The van der Waals surface area contributed by atoms with Crippen molar-refractivity contribution >= 4 is 27.5 Å². The van der Waals surface area contributed by atoms with Crippen LogP contribution in [0.3, 0.4) is 0 Å². The molecule has 1 saturated heterocycles. The van der Waals surface area contributed by atoms with Crippen molar-refractivity contribution in [2.24, 2.45) is 11.1 Å². The Morgan fingerprint density at radius 2 is 1.87 bits per heavy atom. The van der Waals surface area contributed by atoms with E-state index >= 15 is 0 Å². The fourth-order valence-corrected chi connectivity index (χ4v) is 5.58. The molecule has 1 aliphatic rings. The lowest BCUT2D eigenvalue weighted by atomic mass is 9.78. The number of benzene rings is 2. The van der Waals surface area contributed by atoms with Gasteiger partial charge in [0.2, 0.25) is 15.9 Å². The number of carbonyl (C=O) groups is 1. The number of piperidine rings is 1. The van der Waals surface area contributed by atoms with Crippen molar-refractivity contribution in [3.05, 3.63) is 59.1 Å². The lowest BCUT2D eigenvalue weighted by molar-refractivity contribution is -0.121. The zero-order valence-corrected chi connectivity index (χ0v) is 17.6. The van der Waals surface area contributed by atoms with Crippen LogP contribution in [0.5, 0.6) is 5.75 Å². The van der Waals surface area contributed by atoms with Gasteiger partial charge in [-0.3, -0.25) is 4.79 Å². The van der Waals surface area contributed by atoms with E-state index in [9.17, 15) is 22.0 Å². The van der Waals surface area contributed by atoms with Gasteiger partial charge in [0.15, 0.2) is 4.90 Å². The minimum absolute atomic E-state index is 0.0118. The van der Waals surface area contributed by atoms with Gasteiger partial charge in [0.25, 0.3) is 0 Å². The average molecular weight is 459 g/mol. The Balaban J connectivity index is 1.89. The summed E-state index contributed by atoms with van der Waals surface area (Å²) in [6, 6.07) is 9.50. The molecule has 0 aromatic heterocycles. The first-order valence-electron chi connectivity index (χ1n) is 9.24. The quantitative estimate of drug-likeness (QED) is 0.689. The summed E-state index contributed by atoms with van der Waals surface area (Å²) in [4.78, 5) is 10.7. The van der Waals surface area contributed by atoms with Crippen LogP contribution in [0.25, 0.3) is 0 Å². The monoisotopic (exact) mass is 458 g/mol. The molecule has 0 saturated carbocycles. The summed E-state index contributed by atoms with van der Waals surface area (Å²) in [5.41, 5.74) is 4.47. The van der Waals surface area contributed by atoms with E-state index in [4.69, 9.17) is 22.1 Å². The maximum Gasteiger partial charge on any atom is 0.248 e. The molecule has 0 bridgehead atoms. The predicted molar refractivity (Wildman–Crippen MR) is 108 cm³/mol. The van der Waals surface area contributed by atoms with Crippen LogP contribution >= 0.6 is 11.6 Å². The van der Waals surface area contributed by atoms with Crippen LogP contribution in [-0.2, 0) is 14.8 Å². The summed E-state index contributed by atoms with van der Waals surface area (Å²) >= 11 is 5.95. The van der Waals surface area contributed by atoms with Crippen LogP contribution in [0.15, 0.2) is 47.4 Å². The molecule has 2 aromatic carbocycles. The van der Waals surface area contributed by atoms with Crippen LogP contribution in [-0.4, -0.2) is 38.3 Å². The first kappa shape index (κ1) is 22.5. The number of hydrogen-bond donors (Lipinski definition) is 1. The summed E-state index contributed by atoms with van der Waals surface area (Å²) < 4.78 is 61.1. The van der Waals surface area contributed by atoms with E-state index < -0.39 is 37.9 Å². The van der Waals surface area contributed by atoms with Crippen LogP contribution < -0.4 is 10.5 Å². The van der Waals surface area contributed by atoms with Crippen LogP contribution in [0.1, 0.15) is 19.3 Å². The smallest absolute Gasteiger partial charge is 0.248 e. The van der Waals surface area contributed by atoms with Crippen LogP contribution in [0.4, 0.5) is 8.78 Å². The Morgan fingerprint density at radius 3 is 2.50 bits per heavy atom. The van der Waals surface area contributed by atoms with Gasteiger partial charge in [-0.2, -0.15) is 4.31 Å². The third kappa shape index (κ3) is 4.91. The summed E-state index contributed by atoms with van der Waals surface area (Å²) in [5.74, 6) is -2.51. The summed E-state index contributed by atoms with van der Waals surface area (Å²) in [6.07, 6.45) is 0.698. The van der Waals surface area contributed by atoms with Crippen molar-refractivity contribution in [1.29, 1.82) is 0 Å². The molecule has 6 nitrogen and oxygen atoms in total. The first-order chi connectivity index (χ1) is 14.1. The zero-order valence-electron chi connectivity index (χ0n) is 16.0. The van der Waals surface area contributed by atoms with Gasteiger partial charge in [-0.25, -0.2) is 17.2 Å². The molecule has 10 heteroatoms. The van der Waals surface area contributed by atoms with Gasteiger partial charge >= 0.3 is 0 Å². The van der Waals surface area contributed by atoms with Crippen molar-refractivity contribution < 1.29 is 26.7 Å². The highest BCUT2D eigenvalue weighted by atomic mass is 35.5. The van der Waals surface area contributed by atoms with Gasteiger partial charge < -0.3 is 10.5 Å². The second-order valence-electron chi connectivity index (χ2n) is 7.38. The van der Waals surface area contributed by atoms with E-state index in [1.165, 1.54) is 0 Å². The lowest BCUT2D eigenvalue weighted by Crippen LogP contribution is -2.50. The maximum absolute atomic E-state index is 14.2. The highest BCUT2D eigenvalue weighted by Gasteiger charge is 2.43. The lowest BCUT2D eigenvalue weighted by Gasteiger charge is -2.41. The summed E-state index contributed by atoms with van der Waals surface area (Å²) in [6.45, 7) is -0.109. The number of rotatable bonds is 7. The minimum Gasteiger partial charge on any atom is -0.493 e. The van der Waals surface area contributed by atoms with E-state index in [2.05, 4.69) is 0 Å². The fraction of sp³-hybridized carbons (Fsp3) is 0.350. The highest BCUT2D eigenvalue weighted by Crippen LogP contribution is 2.37. The van der Waals surface area contributed by atoms with Crippen molar-refractivity contribution in [2.75, 3.05) is 19.7 Å². The maximum atomic E-state index is 14.2. The highest BCUT2D eigenvalue weighted by molar-refractivity contribution is 7.89. The molecule has 2 aromatic rings. The standard InChI is InChI=1S/C20H21ClF2N2O4S/c21-14-4-1-5-15(10-14)29-13-20(11-18(24)26)8-3-9-25(12-20)30(27,28)19-16(22)6-2-7-17(19)23/h1-2,4-7,10H,3,8-9,11-13H2,(H2,24,26)/t20-/m1/s1. The SMILES string of the molecule is NC(=O)C[C@]1(COc2cccc(Cl)c2)CCCN(S(=O)(=O)c2c(F)cccc2F)C1. The zero-order chi connectivity index (χ0) is 21.9. The Morgan fingerprint density at radius 1 is 1.20 bits per heavy atom. The number of hydrogen-bond acceptors (Lipinski definition) is 4. The van der Waals surface area contributed by atoms with E-state index in [0.29, 0.717) is 23.6 Å². The van der Waals surface area contributed by atoms with Crippen LogP contribution in [0, 0.1) is 17.0 Å². The number of primary amides is 1. The summed E-state index contributed by atoms with van der Waals surface area (Å²) in [5, 5.41) is 0.458. The third-order valence-corrected chi connectivity index (χ3v) is 7.17. The largest absolute Gasteiger partial charge is 0.493 e. The van der Waals surface area contributed by atoms with Crippen LogP contribution in [0.2, 0.25) is 5.02 Å². The van der Waals surface area contributed by atoms with E-state index in [1.54, 1.807) is 24.3 Å². The van der Waals surface area contributed by atoms with Crippen molar-refractivity contribution in [3.63, 3.8) is 0 Å². The van der Waals surface area contributed by atoms with Gasteiger partial charge in [-0.1, -0.05) is 23.7 Å². The van der Waals surface area contributed by atoms with Gasteiger partial charge in [0, 0.05) is 29.9 Å². The van der Waals surface area contributed by atoms with E-state index in [-0.39, 0.29) is 26.1 Å². The van der Waals surface area contributed by atoms with Gasteiger partial charge in [-0.15, -0.1) is 0 Å². The molecule has 1 atom stereocenters. The second-order valence-corrected chi connectivity index (χ2v) is 9.69.